The van der Waals surface area contributed by atoms with E-state index >= 15 is 0 Å². The number of fused-ring (bicyclic) bond motifs is 1. The number of methoxy groups -OCH3 is 2. The molecule has 3 amide bonds. The van der Waals surface area contributed by atoms with E-state index in [1.807, 2.05) is 12.3 Å². The van der Waals surface area contributed by atoms with Crippen LogP contribution >= 0.6 is 0 Å². The lowest BCUT2D eigenvalue weighted by Gasteiger charge is -2.45. The summed E-state index contributed by atoms with van der Waals surface area (Å²) in [5.74, 6) is 1.01. The molecule has 11 nitrogen and oxygen atoms in total. The third kappa shape index (κ3) is 5.68. The number of ether oxygens (including phenoxy) is 2. The number of carbonyl (C=O) groups is 2. The topological polar surface area (TPSA) is 94.9 Å². The van der Waals surface area contributed by atoms with Gasteiger partial charge in [-0.3, -0.25) is 24.4 Å². The largest absolute Gasteiger partial charge is 0.497 e. The summed E-state index contributed by atoms with van der Waals surface area (Å²) in [4.78, 5) is 34.8. The fourth-order valence-corrected chi connectivity index (χ4v) is 6.67. The summed E-state index contributed by atoms with van der Waals surface area (Å²) < 4.78 is 12.6. The van der Waals surface area contributed by atoms with E-state index in [4.69, 9.17) is 9.47 Å². The first-order chi connectivity index (χ1) is 20.4. The molecule has 3 aliphatic heterocycles. The first-order valence-corrected chi connectivity index (χ1v) is 14.9. The molecule has 1 atom stereocenters. The fourth-order valence-electron chi connectivity index (χ4n) is 6.67. The lowest BCUT2D eigenvalue weighted by molar-refractivity contribution is -0.129. The molecule has 1 aromatic carbocycles. The highest BCUT2D eigenvalue weighted by atomic mass is 16.5. The lowest BCUT2D eigenvalue weighted by Crippen LogP contribution is -2.56. The number of piperidine rings is 1. The lowest BCUT2D eigenvalue weighted by atomic mass is 10.0. The maximum absolute atomic E-state index is 13.7. The number of amides is 3. The predicted molar refractivity (Wildman–Crippen MR) is 160 cm³/mol. The molecule has 0 aliphatic carbocycles. The van der Waals surface area contributed by atoms with Crippen molar-refractivity contribution in [3.05, 3.63) is 53.9 Å². The zero-order valence-corrected chi connectivity index (χ0v) is 24.8. The van der Waals surface area contributed by atoms with Gasteiger partial charge in [-0.2, -0.15) is 5.10 Å². The van der Waals surface area contributed by atoms with Crippen LogP contribution in [-0.2, 0) is 17.9 Å². The van der Waals surface area contributed by atoms with Gasteiger partial charge in [0.15, 0.2) is 0 Å². The van der Waals surface area contributed by atoms with Crippen LogP contribution in [0.2, 0.25) is 0 Å². The molecule has 0 unspecified atom stereocenters. The van der Waals surface area contributed by atoms with Gasteiger partial charge in [-0.25, -0.2) is 9.31 Å². The van der Waals surface area contributed by atoms with Crippen LogP contribution in [0.5, 0.6) is 11.5 Å². The number of hydrogen-bond acceptors (Lipinski definition) is 8. The second-order valence-electron chi connectivity index (χ2n) is 11.5. The molecular weight excluding hydrogens is 534 g/mol. The number of urea groups is 1. The minimum Gasteiger partial charge on any atom is -0.497 e. The molecule has 2 aromatic heterocycles. The Hall–Kier alpha value is -3.67. The van der Waals surface area contributed by atoms with E-state index in [0.29, 0.717) is 35.8 Å². The fraction of sp³-hybridized carbons (Fsp3) is 0.516. The second kappa shape index (κ2) is 12.3. The predicted octanol–water partition coefficient (Wildman–Crippen LogP) is 2.97. The molecule has 42 heavy (non-hydrogen) atoms. The third-order valence-electron chi connectivity index (χ3n) is 8.94. The molecule has 11 heteroatoms. The number of benzene rings is 1. The molecule has 3 aromatic rings. The number of hydrogen-bond donors (Lipinski definition) is 1. The SMILES string of the molecule is COc1ccc(CN2C(=O)CCN(c3cnn4ccc(CN5CCN(C6CCNCC6)[C@@H](C)C5)cc34)C2=O)c(OC)c1. The van der Waals surface area contributed by atoms with Crippen molar-refractivity contribution in [1.82, 2.24) is 29.6 Å². The third-order valence-corrected chi connectivity index (χ3v) is 8.94. The summed E-state index contributed by atoms with van der Waals surface area (Å²) in [6, 6.07) is 10.5. The monoisotopic (exact) mass is 575 g/mol. The van der Waals surface area contributed by atoms with Crippen molar-refractivity contribution in [3.63, 3.8) is 0 Å². The Labute approximate surface area is 246 Å². The van der Waals surface area contributed by atoms with Crippen molar-refractivity contribution in [3.8, 4) is 11.5 Å². The van der Waals surface area contributed by atoms with Gasteiger partial charge in [-0.05, 0) is 62.7 Å². The molecule has 5 heterocycles. The van der Waals surface area contributed by atoms with Crippen LogP contribution in [0, 0.1) is 0 Å². The quantitative estimate of drug-likeness (QED) is 0.438. The van der Waals surface area contributed by atoms with Crippen molar-refractivity contribution in [2.24, 2.45) is 0 Å². The Morgan fingerprint density at radius 3 is 2.60 bits per heavy atom. The second-order valence-corrected chi connectivity index (χ2v) is 11.5. The average Bonchev–Trinajstić information content (AvgIpc) is 3.43. The zero-order chi connectivity index (χ0) is 29.2. The Balaban J connectivity index is 1.17. The Bertz CT molecular complexity index is 1440. The number of piperazine rings is 1. The molecule has 3 saturated heterocycles. The van der Waals surface area contributed by atoms with Crippen LogP contribution in [0.15, 0.2) is 42.7 Å². The number of imide groups is 1. The summed E-state index contributed by atoms with van der Waals surface area (Å²) in [5.41, 5.74) is 3.49. The maximum atomic E-state index is 13.7. The van der Waals surface area contributed by atoms with Gasteiger partial charge in [0.1, 0.15) is 11.5 Å². The Morgan fingerprint density at radius 1 is 1.00 bits per heavy atom. The van der Waals surface area contributed by atoms with Gasteiger partial charge in [0.05, 0.1) is 38.2 Å². The Kier molecular flexibility index (Phi) is 8.32. The van der Waals surface area contributed by atoms with Gasteiger partial charge >= 0.3 is 6.03 Å². The molecule has 0 saturated carbocycles. The highest BCUT2D eigenvalue weighted by Gasteiger charge is 2.35. The van der Waals surface area contributed by atoms with Crippen LogP contribution in [-0.4, -0.2) is 102 Å². The van der Waals surface area contributed by atoms with E-state index in [1.165, 1.54) is 23.3 Å². The van der Waals surface area contributed by atoms with E-state index in [9.17, 15) is 9.59 Å². The van der Waals surface area contributed by atoms with Crippen molar-refractivity contribution < 1.29 is 19.1 Å². The highest BCUT2D eigenvalue weighted by molar-refractivity contribution is 6.07. The van der Waals surface area contributed by atoms with Gasteiger partial charge in [0, 0.05) is 69.1 Å². The molecule has 224 valence electrons. The summed E-state index contributed by atoms with van der Waals surface area (Å²) in [7, 11) is 3.15. The molecule has 0 spiro atoms. The Morgan fingerprint density at radius 2 is 1.83 bits per heavy atom. The first kappa shape index (κ1) is 28.4. The van der Waals surface area contributed by atoms with E-state index in [0.717, 1.165) is 50.3 Å². The molecule has 1 N–H and O–H groups in total. The molecule has 0 bridgehead atoms. The summed E-state index contributed by atoms with van der Waals surface area (Å²) >= 11 is 0. The minimum absolute atomic E-state index is 0.118. The number of aromatic nitrogens is 2. The maximum Gasteiger partial charge on any atom is 0.331 e. The normalized spacial score (nSPS) is 21.4. The van der Waals surface area contributed by atoms with Gasteiger partial charge in [-0.1, -0.05) is 0 Å². The van der Waals surface area contributed by atoms with E-state index in [1.54, 1.807) is 42.0 Å². The van der Waals surface area contributed by atoms with Crippen molar-refractivity contribution in [2.45, 2.75) is 51.4 Å². The van der Waals surface area contributed by atoms with E-state index in [2.05, 4.69) is 39.3 Å². The number of pyridine rings is 1. The van der Waals surface area contributed by atoms with Crippen LogP contribution in [0.4, 0.5) is 10.5 Å². The molecule has 3 fully saturated rings. The van der Waals surface area contributed by atoms with Crippen LogP contribution in [0.25, 0.3) is 5.52 Å². The summed E-state index contributed by atoms with van der Waals surface area (Å²) in [6.45, 7) is 9.04. The molecule has 3 aliphatic rings. The van der Waals surface area contributed by atoms with Gasteiger partial charge in [-0.15, -0.1) is 0 Å². The number of rotatable bonds is 8. The first-order valence-electron chi connectivity index (χ1n) is 14.9. The highest BCUT2D eigenvalue weighted by Crippen LogP contribution is 2.30. The van der Waals surface area contributed by atoms with Crippen molar-refractivity contribution in [1.29, 1.82) is 0 Å². The van der Waals surface area contributed by atoms with Crippen LogP contribution in [0.3, 0.4) is 0 Å². The van der Waals surface area contributed by atoms with E-state index < -0.39 is 0 Å². The standard InChI is InChI=1S/C31H41N7O4/c1-22-19-34(14-15-35(22)25-6-10-32-11-7-25)20-23-8-13-38-27(16-23)28(18-33-38)36-12-9-30(39)37(31(36)40)21-24-4-5-26(41-2)17-29(24)42-3/h4-5,8,13,16-18,22,25,32H,6-7,9-12,14-15,19-21H2,1-3H3/t22-/m0/s1. The number of carbonyl (C=O) groups excluding carboxylic acids is 2. The van der Waals surface area contributed by atoms with Gasteiger partial charge in [0.25, 0.3) is 0 Å². The number of nitrogens with one attached hydrogen (secondary N) is 1. The van der Waals surface area contributed by atoms with Crippen LogP contribution < -0.4 is 19.7 Å². The zero-order valence-electron chi connectivity index (χ0n) is 24.8. The van der Waals surface area contributed by atoms with Crippen LogP contribution in [0.1, 0.15) is 37.3 Å². The van der Waals surface area contributed by atoms with Gasteiger partial charge in [0.2, 0.25) is 5.91 Å². The molecular formula is C31H41N7O4. The smallest absolute Gasteiger partial charge is 0.331 e. The van der Waals surface area contributed by atoms with Crippen molar-refractivity contribution >= 4 is 23.1 Å². The average molecular weight is 576 g/mol. The molecule has 0 radical (unpaired) electrons. The van der Waals surface area contributed by atoms with Crippen molar-refractivity contribution in [2.75, 3.05) is 58.4 Å². The summed E-state index contributed by atoms with van der Waals surface area (Å²) in [6.07, 6.45) is 6.38. The minimum atomic E-state index is -0.354. The number of nitrogens with zero attached hydrogens (tertiary/aromatic N) is 6. The summed E-state index contributed by atoms with van der Waals surface area (Å²) in [5, 5.41) is 8.00. The van der Waals surface area contributed by atoms with E-state index in [-0.39, 0.29) is 24.9 Å². The van der Waals surface area contributed by atoms with Gasteiger partial charge < -0.3 is 14.8 Å². The molecule has 6 rings (SSSR count). The number of anilines is 1.